The molecule has 3 rings (SSSR count). The van der Waals surface area contributed by atoms with Gasteiger partial charge in [0.2, 0.25) is 6.29 Å². The Morgan fingerprint density at radius 1 is 1.17 bits per heavy atom. The van der Waals surface area contributed by atoms with Crippen molar-refractivity contribution in [3.63, 3.8) is 0 Å². The van der Waals surface area contributed by atoms with E-state index in [4.69, 9.17) is 14.5 Å². The van der Waals surface area contributed by atoms with Gasteiger partial charge in [0.05, 0.1) is 17.2 Å². The number of thiazole rings is 1. The third-order valence-electron chi connectivity index (χ3n) is 5.03. The Morgan fingerprint density at radius 3 is 2.45 bits per heavy atom. The summed E-state index contributed by atoms with van der Waals surface area (Å²) in [7, 11) is 0. The molecule has 2 aromatic rings. The molecule has 0 amide bonds. The highest BCUT2D eigenvalue weighted by Crippen LogP contribution is 2.36. The molecule has 0 aliphatic carbocycles. The van der Waals surface area contributed by atoms with E-state index >= 15 is 0 Å². The lowest BCUT2D eigenvalue weighted by molar-refractivity contribution is -0.0970. The van der Waals surface area contributed by atoms with Crippen molar-refractivity contribution in [2.45, 2.75) is 45.8 Å². The average molecular weight is 477 g/mol. The second kappa shape index (κ2) is 11.2. The molecule has 0 unspecified atom stereocenters. The quantitative estimate of drug-likeness (QED) is 0.392. The minimum absolute atomic E-state index is 0.405. The van der Waals surface area contributed by atoms with Gasteiger partial charge in [0, 0.05) is 34.0 Å². The number of nitrogens with zero attached hydrogens (tertiary/aromatic N) is 2. The smallest absolute Gasteiger partial charge is 0.222 e. The zero-order valence-corrected chi connectivity index (χ0v) is 19.8. The third-order valence-corrected chi connectivity index (χ3v) is 6.69. The Kier molecular flexibility index (Phi) is 8.70. The Bertz CT molecular complexity index is 827. The van der Waals surface area contributed by atoms with Gasteiger partial charge >= 0.3 is 0 Å². The second-order valence-electron chi connectivity index (χ2n) is 7.08. The largest absolute Gasteiger partial charge is 0.342 e. The van der Waals surface area contributed by atoms with Crippen LogP contribution in [-0.4, -0.2) is 49.0 Å². The fraction of sp³-hybridized carbons (Fsp3) is 0.522. The maximum atomic E-state index is 5.48. The highest BCUT2D eigenvalue weighted by Gasteiger charge is 2.24. The normalized spacial score (nSPS) is 15.5. The summed E-state index contributed by atoms with van der Waals surface area (Å²) in [6, 6.07) is 8.42. The second-order valence-corrected chi connectivity index (χ2v) is 9.23. The number of aryl methyl sites for hydroxylation is 1. The minimum Gasteiger partial charge on any atom is -0.342 e. The Balaban J connectivity index is 1.55. The van der Waals surface area contributed by atoms with Crippen LogP contribution < -0.4 is 0 Å². The number of ether oxygens (including phenoxy) is 2. The number of hydrogen-bond acceptors (Lipinski definition) is 5. The van der Waals surface area contributed by atoms with Crippen molar-refractivity contribution in [1.29, 1.82) is 0 Å². The van der Waals surface area contributed by atoms with Crippen LogP contribution in [-0.2, 0) is 9.47 Å². The third kappa shape index (κ3) is 6.37. The summed E-state index contributed by atoms with van der Waals surface area (Å²) >= 11 is 5.36. The van der Waals surface area contributed by atoms with E-state index in [-0.39, 0.29) is 0 Å². The topological polar surface area (TPSA) is 34.6 Å². The van der Waals surface area contributed by atoms with E-state index in [1.165, 1.54) is 15.4 Å². The minimum atomic E-state index is -0.405. The zero-order chi connectivity index (χ0) is 20.6. The van der Waals surface area contributed by atoms with Gasteiger partial charge in [-0.3, -0.25) is 4.90 Å². The van der Waals surface area contributed by atoms with Crippen molar-refractivity contribution >= 4 is 27.3 Å². The lowest BCUT2D eigenvalue weighted by Crippen LogP contribution is -2.33. The molecule has 0 N–H and O–H groups in total. The molecule has 156 valence electrons. The number of benzene rings is 1. The fourth-order valence-corrected chi connectivity index (χ4v) is 4.86. The van der Waals surface area contributed by atoms with E-state index in [9.17, 15) is 0 Å². The van der Waals surface area contributed by atoms with Crippen LogP contribution in [0.4, 0.5) is 0 Å². The number of hydrogen-bond donors (Lipinski definition) is 0. The zero-order valence-electron chi connectivity index (χ0n) is 17.4. The van der Waals surface area contributed by atoms with Crippen LogP contribution in [0.5, 0.6) is 0 Å². The van der Waals surface area contributed by atoms with Crippen LogP contribution in [0.15, 0.2) is 28.7 Å². The predicted molar refractivity (Wildman–Crippen MR) is 123 cm³/mol. The van der Waals surface area contributed by atoms with Gasteiger partial charge in [0.25, 0.3) is 0 Å². The molecule has 1 aliphatic heterocycles. The molecular formula is C23H29BrN2O2S. The molecule has 1 fully saturated rings. The van der Waals surface area contributed by atoms with Crippen LogP contribution >= 0.6 is 27.3 Å². The predicted octanol–water partition coefficient (Wildman–Crippen LogP) is 5.46. The first-order chi connectivity index (χ1) is 14.1. The summed E-state index contributed by atoms with van der Waals surface area (Å²) in [6.45, 7) is 10.2. The molecule has 4 nitrogen and oxygen atoms in total. The number of aromatic nitrogens is 1. The Morgan fingerprint density at radius 2 is 1.83 bits per heavy atom. The number of likely N-dealkylation sites (tertiary alicyclic amines) is 1. The molecule has 6 heteroatoms. The van der Waals surface area contributed by atoms with Crippen LogP contribution in [0.2, 0.25) is 0 Å². The molecule has 1 saturated heterocycles. The fourth-order valence-electron chi connectivity index (χ4n) is 3.48. The van der Waals surface area contributed by atoms with Crippen molar-refractivity contribution in [2.75, 3.05) is 32.8 Å². The first-order valence-electron chi connectivity index (χ1n) is 10.3. The molecule has 0 saturated carbocycles. The van der Waals surface area contributed by atoms with Crippen LogP contribution in [0.3, 0.4) is 0 Å². The maximum Gasteiger partial charge on any atom is 0.222 e. The summed E-state index contributed by atoms with van der Waals surface area (Å²) in [4.78, 5) is 8.72. The summed E-state index contributed by atoms with van der Waals surface area (Å²) in [6.07, 6.45) is 1.86. The van der Waals surface area contributed by atoms with Gasteiger partial charge in [0.15, 0.2) is 0 Å². The van der Waals surface area contributed by atoms with Crippen molar-refractivity contribution < 1.29 is 9.47 Å². The van der Waals surface area contributed by atoms with E-state index < -0.39 is 6.29 Å². The summed E-state index contributed by atoms with van der Waals surface area (Å²) in [5.74, 6) is 6.87. The summed E-state index contributed by atoms with van der Waals surface area (Å²) < 4.78 is 12.1. The summed E-state index contributed by atoms with van der Waals surface area (Å²) in [5.41, 5.74) is 2.32. The van der Waals surface area contributed by atoms with E-state index in [0.717, 1.165) is 42.6 Å². The molecule has 0 spiro atoms. The van der Waals surface area contributed by atoms with Crippen LogP contribution in [0.25, 0.3) is 11.3 Å². The SMILES string of the molecule is CCOC(C#CCN1CCC(c2nc(-c3ccc(Br)cc3)c(C)s2)CC1)OCC. The van der Waals surface area contributed by atoms with Gasteiger partial charge in [0.1, 0.15) is 0 Å². The molecule has 0 bridgehead atoms. The first-order valence-corrected chi connectivity index (χ1v) is 11.9. The van der Waals surface area contributed by atoms with Crippen molar-refractivity contribution in [3.05, 3.63) is 38.6 Å². The lowest BCUT2D eigenvalue weighted by Gasteiger charge is -2.29. The number of rotatable bonds is 7. The van der Waals surface area contributed by atoms with Crippen molar-refractivity contribution in [2.24, 2.45) is 0 Å². The number of halogens is 1. The highest BCUT2D eigenvalue weighted by molar-refractivity contribution is 9.10. The monoisotopic (exact) mass is 476 g/mol. The highest BCUT2D eigenvalue weighted by atomic mass is 79.9. The standard InChI is InChI=1S/C23H29BrN2O2S/c1-4-27-21(28-5-2)7-6-14-26-15-12-19(13-16-26)23-25-22(17(3)29-23)18-8-10-20(24)11-9-18/h8-11,19,21H,4-5,12-16H2,1-3H3. The van der Waals surface area contributed by atoms with E-state index in [1.807, 2.05) is 25.2 Å². The van der Waals surface area contributed by atoms with Gasteiger partial charge in [-0.05, 0) is 64.8 Å². The van der Waals surface area contributed by atoms with Crippen LogP contribution in [0, 0.1) is 18.8 Å². The first kappa shape index (κ1) is 22.5. The van der Waals surface area contributed by atoms with Gasteiger partial charge < -0.3 is 9.47 Å². The van der Waals surface area contributed by atoms with Gasteiger partial charge in [-0.15, -0.1) is 11.3 Å². The molecular weight excluding hydrogens is 448 g/mol. The van der Waals surface area contributed by atoms with E-state index in [1.54, 1.807) is 0 Å². The van der Waals surface area contributed by atoms with Gasteiger partial charge in [-0.1, -0.05) is 34.0 Å². The Labute approximate surface area is 186 Å². The van der Waals surface area contributed by atoms with Crippen molar-refractivity contribution in [1.82, 2.24) is 9.88 Å². The molecule has 0 atom stereocenters. The molecule has 2 heterocycles. The molecule has 0 radical (unpaired) electrons. The van der Waals surface area contributed by atoms with Crippen molar-refractivity contribution in [3.8, 4) is 23.1 Å². The van der Waals surface area contributed by atoms with Gasteiger partial charge in [-0.2, -0.15) is 0 Å². The molecule has 1 aliphatic rings. The van der Waals surface area contributed by atoms with E-state index in [0.29, 0.717) is 19.1 Å². The number of piperidine rings is 1. The lowest BCUT2D eigenvalue weighted by atomic mass is 9.97. The van der Waals surface area contributed by atoms with Gasteiger partial charge in [-0.25, -0.2) is 4.98 Å². The van der Waals surface area contributed by atoms with Crippen LogP contribution in [0.1, 0.15) is 42.5 Å². The molecule has 29 heavy (non-hydrogen) atoms. The summed E-state index contributed by atoms with van der Waals surface area (Å²) in [5, 5.41) is 1.28. The molecule has 1 aromatic heterocycles. The maximum absolute atomic E-state index is 5.48. The van der Waals surface area contributed by atoms with E-state index in [2.05, 4.69) is 63.9 Å². The Hall–Kier alpha value is -1.23. The average Bonchev–Trinajstić information content (AvgIpc) is 3.11. The molecule has 1 aromatic carbocycles.